The van der Waals surface area contributed by atoms with E-state index in [1.54, 1.807) is 4.90 Å². The molecule has 1 aromatic carbocycles. The Morgan fingerprint density at radius 3 is 2.70 bits per heavy atom. The van der Waals surface area contributed by atoms with Crippen LogP contribution in [0, 0.1) is 0 Å². The second kappa shape index (κ2) is 6.52. The van der Waals surface area contributed by atoms with Crippen molar-refractivity contribution >= 4 is 17.5 Å². The number of hydrogen-bond acceptors (Lipinski definition) is 2. The van der Waals surface area contributed by atoms with Crippen molar-refractivity contribution in [1.29, 1.82) is 0 Å². The second-order valence-electron chi connectivity index (χ2n) is 5.07. The molecule has 2 rings (SSSR count). The second-order valence-corrected chi connectivity index (χ2v) is 5.07. The standard InChI is InChI=1S/C15H21N3O2/c1-3-18(13-7-5-4-6-8-13)15(20)12(2)17-10-9-16-14(19)11-17/h4-8,12H,3,9-11H2,1-2H3,(H,16,19)/p+1/t12-/m0/s1. The van der Waals surface area contributed by atoms with Gasteiger partial charge in [-0.05, 0) is 26.0 Å². The minimum absolute atomic E-state index is 0.0219. The van der Waals surface area contributed by atoms with Crippen LogP contribution in [0.15, 0.2) is 30.3 Å². The first-order chi connectivity index (χ1) is 9.63. The molecule has 1 heterocycles. The first-order valence-corrected chi connectivity index (χ1v) is 7.11. The van der Waals surface area contributed by atoms with E-state index in [1.165, 1.54) is 0 Å². The van der Waals surface area contributed by atoms with Gasteiger partial charge in [-0.15, -0.1) is 0 Å². The molecule has 0 radical (unpaired) electrons. The number of carbonyl (C=O) groups is 2. The van der Waals surface area contributed by atoms with Crippen LogP contribution in [0.25, 0.3) is 0 Å². The van der Waals surface area contributed by atoms with Gasteiger partial charge in [-0.1, -0.05) is 18.2 Å². The summed E-state index contributed by atoms with van der Waals surface area (Å²) >= 11 is 0. The highest BCUT2D eigenvalue weighted by molar-refractivity contribution is 5.96. The van der Waals surface area contributed by atoms with Crippen molar-refractivity contribution in [2.24, 2.45) is 0 Å². The van der Waals surface area contributed by atoms with Crippen molar-refractivity contribution in [2.45, 2.75) is 19.9 Å². The molecule has 5 heteroatoms. The molecule has 0 bridgehead atoms. The lowest BCUT2D eigenvalue weighted by Crippen LogP contribution is -3.19. The summed E-state index contributed by atoms with van der Waals surface area (Å²) in [7, 11) is 0. The molecule has 1 fully saturated rings. The first kappa shape index (κ1) is 14.5. The fraction of sp³-hybridized carbons (Fsp3) is 0.467. The van der Waals surface area contributed by atoms with E-state index >= 15 is 0 Å². The Morgan fingerprint density at radius 1 is 1.40 bits per heavy atom. The predicted octanol–water partition coefficient (Wildman–Crippen LogP) is -0.557. The number of nitrogens with one attached hydrogen (secondary N) is 2. The van der Waals surface area contributed by atoms with Crippen molar-refractivity contribution in [1.82, 2.24) is 5.32 Å². The number of hydrogen-bond donors (Lipinski definition) is 2. The van der Waals surface area contributed by atoms with Gasteiger partial charge in [0.05, 0.1) is 13.1 Å². The van der Waals surface area contributed by atoms with E-state index in [1.807, 2.05) is 44.2 Å². The average molecular weight is 276 g/mol. The van der Waals surface area contributed by atoms with Crippen LogP contribution >= 0.6 is 0 Å². The van der Waals surface area contributed by atoms with Crippen LogP contribution in [0.4, 0.5) is 5.69 Å². The van der Waals surface area contributed by atoms with Gasteiger partial charge in [0.2, 0.25) is 0 Å². The van der Waals surface area contributed by atoms with Crippen molar-refractivity contribution < 1.29 is 14.5 Å². The molecule has 1 aromatic rings. The number of rotatable bonds is 4. The number of amides is 2. The predicted molar refractivity (Wildman–Crippen MR) is 77.6 cm³/mol. The Labute approximate surface area is 119 Å². The molecule has 2 N–H and O–H groups in total. The molecule has 2 amide bonds. The SMILES string of the molecule is CCN(C(=O)[C@H](C)[NH+]1CCNC(=O)C1)c1ccccc1. The number of para-hydroxylation sites is 1. The van der Waals surface area contributed by atoms with Gasteiger partial charge in [0, 0.05) is 12.2 Å². The fourth-order valence-electron chi connectivity index (χ4n) is 2.57. The molecule has 20 heavy (non-hydrogen) atoms. The smallest absolute Gasteiger partial charge is 0.284 e. The van der Waals surface area contributed by atoms with E-state index in [-0.39, 0.29) is 17.9 Å². The van der Waals surface area contributed by atoms with Crippen molar-refractivity contribution in [3.05, 3.63) is 30.3 Å². The number of carbonyl (C=O) groups excluding carboxylic acids is 2. The van der Waals surface area contributed by atoms with Gasteiger partial charge < -0.3 is 15.1 Å². The van der Waals surface area contributed by atoms with E-state index in [9.17, 15) is 9.59 Å². The minimum atomic E-state index is -0.207. The Balaban J connectivity index is 2.10. The molecule has 2 atom stereocenters. The summed E-state index contributed by atoms with van der Waals surface area (Å²) in [5, 5.41) is 2.80. The average Bonchev–Trinajstić information content (AvgIpc) is 2.48. The summed E-state index contributed by atoms with van der Waals surface area (Å²) in [6, 6.07) is 9.46. The monoisotopic (exact) mass is 276 g/mol. The maximum absolute atomic E-state index is 12.7. The van der Waals surface area contributed by atoms with Crippen LogP contribution in [-0.4, -0.2) is 44.0 Å². The lowest BCUT2D eigenvalue weighted by Gasteiger charge is -2.31. The molecule has 1 unspecified atom stereocenters. The summed E-state index contributed by atoms with van der Waals surface area (Å²) in [4.78, 5) is 26.9. The Morgan fingerprint density at radius 2 is 2.10 bits per heavy atom. The molecule has 0 spiro atoms. The van der Waals surface area contributed by atoms with Crippen molar-refractivity contribution in [3.8, 4) is 0 Å². The van der Waals surface area contributed by atoms with Crippen LogP contribution in [0.1, 0.15) is 13.8 Å². The summed E-state index contributed by atoms with van der Waals surface area (Å²) in [5.41, 5.74) is 0.910. The van der Waals surface area contributed by atoms with E-state index in [0.29, 0.717) is 19.6 Å². The molecule has 1 aliphatic rings. The van der Waals surface area contributed by atoms with Gasteiger partial charge in [-0.25, -0.2) is 0 Å². The lowest BCUT2D eigenvalue weighted by molar-refractivity contribution is -0.907. The Kier molecular flexibility index (Phi) is 4.74. The zero-order chi connectivity index (χ0) is 14.5. The van der Waals surface area contributed by atoms with Gasteiger partial charge in [-0.2, -0.15) is 0 Å². The van der Waals surface area contributed by atoms with Gasteiger partial charge in [0.1, 0.15) is 0 Å². The Hall–Kier alpha value is -1.88. The highest BCUT2D eigenvalue weighted by Gasteiger charge is 2.32. The number of nitrogens with zero attached hydrogens (tertiary/aromatic N) is 1. The third-order valence-electron chi connectivity index (χ3n) is 3.79. The summed E-state index contributed by atoms with van der Waals surface area (Å²) in [6.07, 6.45) is 0. The molecule has 0 aliphatic carbocycles. The third kappa shape index (κ3) is 3.17. The number of piperazine rings is 1. The van der Waals surface area contributed by atoms with Crippen LogP contribution in [0.3, 0.4) is 0 Å². The third-order valence-corrected chi connectivity index (χ3v) is 3.79. The minimum Gasteiger partial charge on any atom is -0.346 e. The molecule has 108 valence electrons. The van der Waals surface area contributed by atoms with Gasteiger partial charge in [-0.3, -0.25) is 9.59 Å². The first-order valence-electron chi connectivity index (χ1n) is 7.11. The van der Waals surface area contributed by atoms with E-state index in [2.05, 4.69) is 5.32 Å². The molecule has 0 aromatic heterocycles. The molecule has 0 saturated carbocycles. The molecule has 5 nitrogen and oxygen atoms in total. The van der Waals surface area contributed by atoms with Crippen LogP contribution < -0.4 is 15.1 Å². The summed E-state index contributed by atoms with van der Waals surface area (Å²) in [6.45, 7) is 6.32. The van der Waals surface area contributed by atoms with Crippen molar-refractivity contribution in [3.63, 3.8) is 0 Å². The summed E-state index contributed by atoms with van der Waals surface area (Å²) in [5.74, 6) is 0.0945. The van der Waals surface area contributed by atoms with Crippen LogP contribution in [0.5, 0.6) is 0 Å². The van der Waals surface area contributed by atoms with Crippen LogP contribution in [-0.2, 0) is 9.59 Å². The van der Waals surface area contributed by atoms with E-state index < -0.39 is 0 Å². The molecular formula is C15H22N3O2+. The largest absolute Gasteiger partial charge is 0.346 e. The number of quaternary nitrogens is 1. The maximum Gasteiger partial charge on any atom is 0.284 e. The van der Waals surface area contributed by atoms with Gasteiger partial charge in [0.25, 0.3) is 11.8 Å². The number of likely N-dealkylation sites (N-methyl/N-ethyl adjacent to an activating group) is 1. The fourth-order valence-corrected chi connectivity index (χ4v) is 2.57. The summed E-state index contributed by atoms with van der Waals surface area (Å²) < 4.78 is 0. The lowest BCUT2D eigenvalue weighted by atomic mass is 10.2. The van der Waals surface area contributed by atoms with E-state index in [4.69, 9.17) is 0 Å². The number of anilines is 1. The van der Waals surface area contributed by atoms with Crippen molar-refractivity contribution in [2.75, 3.05) is 31.1 Å². The highest BCUT2D eigenvalue weighted by Crippen LogP contribution is 2.13. The van der Waals surface area contributed by atoms with Crippen LogP contribution in [0.2, 0.25) is 0 Å². The maximum atomic E-state index is 12.7. The Bertz CT molecular complexity index is 475. The highest BCUT2D eigenvalue weighted by atomic mass is 16.2. The van der Waals surface area contributed by atoms with Gasteiger partial charge in [0.15, 0.2) is 12.6 Å². The molecule has 1 saturated heterocycles. The number of benzene rings is 1. The van der Waals surface area contributed by atoms with Gasteiger partial charge >= 0.3 is 0 Å². The normalized spacial score (nSPS) is 20.1. The zero-order valence-electron chi connectivity index (χ0n) is 12.1. The van der Waals surface area contributed by atoms with E-state index in [0.717, 1.165) is 17.1 Å². The molecular weight excluding hydrogens is 254 g/mol. The zero-order valence-corrected chi connectivity index (χ0v) is 12.1. The topological polar surface area (TPSA) is 53.9 Å². The quantitative estimate of drug-likeness (QED) is 0.775. The molecule has 1 aliphatic heterocycles.